The Morgan fingerprint density at radius 3 is 2.20 bits per heavy atom. The van der Waals surface area contributed by atoms with Gasteiger partial charge >= 0.3 is 0 Å². The molecule has 0 heterocycles. The molecule has 1 atom stereocenters. The molecular weight excluding hydrogens is 582 g/mol. The highest BCUT2D eigenvalue weighted by atomic mass is 32.2. The van der Waals surface area contributed by atoms with Crippen LogP contribution in [-0.4, -0.2) is 65.1 Å². The van der Waals surface area contributed by atoms with Crippen molar-refractivity contribution in [1.29, 1.82) is 0 Å². The highest BCUT2D eigenvalue weighted by Crippen LogP contribution is 2.33. The number of para-hydroxylation sites is 2. The normalized spacial score (nSPS) is 14.3. The average Bonchev–Trinajstić information content (AvgIpc) is 3.06. The fourth-order valence-corrected chi connectivity index (χ4v) is 6.77. The van der Waals surface area contributed by atoms with Gasteiger partial charge in [0.1, 0.15) is 29.8 Å². The van der Waals surface area contributed by atoms with Crippen LogP contribution < -0.4 is 23.8 Å². The maximum Gasteiger partial charge on any atom is 0.264 e. The van der Waals surface area contributed by atoms with Gasteiger partial charge in [0, 0.05) is 12.6 Å². The van der Waals surface area contributed by atoms with Gasteiger partial charge in [-0.3, -0.25) is 13.9 Å². The van der Waals surface area contributed by atoms with Crippen molar-refractivity contribution in [3.8, 4) is 17.2 Å². The monoisotopic (exact) mass is 623 g/mol. The minimum Gasteiger partial charge on any atom is -0.497 e. The summed E-state index contributed by atoms with van der Waals surface area (Å²) in [4.78, 5) is 29.1. The van der Waals surface area contributed by atoms with E-state index in [4.69, 9.17) is 14.2 Å². The Bertz CT molecular complexity index is 1520. The minimum absolute atomic E-state index is 0.0283. The van der Waals surface area contributed by atoms with Crippen molar-refractivity contribution in [3.05, 3.63) is 78.4 Å². The second kappa shape index (κ2) is 15.0. The molecular formula is C33H41N3O7S. The van der Waals surface area contributed by atoms with Gasteiger partial charge in [-0.1, -0.05) is 43.5 Å². The Morgan fingerprint density at radius 2 is 1.55 bits per heavy atom. The molecule has 0 radical (unpaired) electrons. The predicted molar refractivity (Wildman–Crippen MR) is 169 cm³/mol. The number of amides is 2. The SMILES string of the molecule is COc1ccc(S(=O)(=O)N(CC(=O)N(Cc2cccc(OC)c2)C(C)C(=O)NC2CCCCC2)c2ccccc2OC)cc1. The molecule has 1 aliphatic rings. The molecule has 11 heteroatoms. The second-order valence-electron chi connectivity index (χ2n) is 10.8. The molecule has 4 rings (SSSR count). The Morgan fingerprint density at radius 1 is 0.864 bits per heavy atom. The summed E-state index contributed by atoms with van der Waals surface area (Å²) in [5, 5.41) is 3.11. The lowest BCUT2D eigenvalue weighted by Crippen LogP contribution is -2.53. The first-order chi connectivity index (χ1) is 21.2. The van der Waals surface area contributed by atoms with Crippen molar-refractivity contribution >= 4 is 27.5 Å². The summed E-state index contributed by atoms with van der Waals surface area (Å²) in [6.45, 7) is 1.17. The number of nitrogens with zero attached hydrogens (tertiary/aromatic N) is 2. The molecule has 10 nitrogen and oxygen atoms in total. The molecule has 0 aliphatic heterocycles. The van der Waals surface area contributed by atoms with E-state index in [0.717, 1.165) is 42.0 Å². The molecule has 1 N–H and O–H groups in total. The fraction of sp³-hybridized carbons (Fsp3) is 0.394. The number of sulfonamides is 1. The summed E-state index contributed by atoms with van der Waals surface area (Å²) in [5.41, 5.74) is 0.927. The molecule has 0 saturated heterocycles. The molecule has 0 bridgehead atoms. The van der Waals surface area contributed by atoms with E-state index in [1.54, 1.807) is 68.6 Å². The number of rotatable bonds is 13. The van der Waals surface area contributed by atoms with E-state index < -0.39 is 28.5 Å². The number of carbonyl (C=O) groups is 2. The maximum absolute atomic E-state index is 14.2. The van der Waals surface area contributed by atoms with Gasteiger partial charge in [-0.05, 0) is 73.9 Å². The smallest absolute Gasteiger partial charge is 0.264 e. The van der Waals surface area contributed by atoms with Crippen molar-refractivity contribution in [2.75, 3.05) is 32.2 Å². The van der Waals surface area contributed by atoms with Crippen LogP contribution in [0, 0.1) is 0 Å². The van der Waals surface area contributed by atoms with Crippen molar-refractivity contribution in [1.82, 2.24) is 10.2 Å². The van der Waals surface area contributed by atoms with Crippen LogP contribution in [0.2, 0.25) is 0 Å². The number of nitrogens with one attached hydrogen (secondary N) is 1. The standard InChI is InChI=1S/C33H41N3O7S/c1-24(33(38)34-26-12-6-5-7-13-26)35(22-25-11-10-14-28(21-25)42-3)32(37)23-36(30-15-8-9-16-31(30)43-4)44(39,40)29-19-17-27(41-2)18-20-29/h8-11,14-21,24,26H,5-7,12-13,22-23H2,1-4H3,(H,34,38). The molecule has 236 valence electrons. The van der Waals surface area contributed by atoms with Crippen LogP contribution in [-0.2, 0) is 26.2 Å². The van der Waals surface area contributed by atoms with Crippen molar-refractivity contribution in [2.24, 2.45) is 0 Å². The number of anilines is 1. The van der Waals surface area contributed by atoms with Gasteiger partial charge in [-0.15, -0.1) is 0 Å². The lowest BCUT2D eigenvalue weighted by molar-refractivity contribution is -0.139. The van der Waals surface area contributed by atoms with E-state index in [1.807, 2.05) is 6.07 Å². The largest absolute Gasteiger partial charge is 0.497 e. The summed E-state index contributed by atoms with van der Waals surface area (Å²) in [7, 11) is 0.218. The first-order valence-corrected chi connectivity index (χ1v) is 16.1. The highest BCUT2D eigenvalue weighted by molar-refractivity contribution is 7.92. The minimum atomic E-state index is -4.26. The maximum atomic E-state index is 14.2. The molecule has 1 fully saturated rings. The molecule has 1 aliphatic carbocycles. The zero-order valence-corrected chi connectivity index (χ0v) is 26.5. The van der Waals surface area contributed by atoms with Gasteiger partial charge in [-0.25, -0.2) is 8.42 Å². The van der Waals surface area contributed by atoms with Gasteiger partial charge in [-0.2, -0.15) is 0 Å². The van der Waals surface area contributed by atoms with Gasteiger partial charge in [0.05, 0.1) is 31.9 Å². The Balaban J connectivity index is 1.71. The van der Waals surface area contributed by atoms with E-state index in [0.29, 0.717) is 11.5 Å². The third-order valence-corrected chi connectivity index (χ3v) is 9.66. The summed E-state index contributed by atoms with van der Waals surface area (Å²) in [6, 6.07) is 18.9. The summed E-state index contributed by atoms with van der Waals surface area (Å²) in [5.74, 6) is 0.537. The van der Waals surface area contributed by atoms with Crippen molar-refractivity contribution in [3.63, 3.8) is 0 Å². The molecule has 3 aromatic carbocycles. The number of carbonyl (C=O) groups excluding carboxylic acids is 2. The molecule has 0 spiro atoms. The third-order valence-electron chi connectivity index (χ3n) is 7.89. The van der Waals surface area contributed by atoms with Crippen molar-refractivity contribution in [2.45, 2.75) is 62.6 Å². The number of benzene rings is 3. The van der Waals surface area contributed by atoms with Crippen LogP contribution >= 0.6 is 0 Å². The first-order valence-electron chi connectivity index (χ1n) is 14.7. The Kier molecular flexibility index (Phi) is 11.1. The predicted octanol–water partition coefficient (Wildman–Crippen LogP) is 4.77. The lowest BCUT2D eigenvalue weighted by Gasteiger charge is -2.33. The summed E-state index contributed by atoms with van der Waals surface area (Å²) in [6.07, 6.45) is 5.02. The van der Waals surface area contributed by atoms with Crippen LogP contribution in [0.15, 0.2) is 77.7 Å². The van der Waals surface area contributed by atoms with Crippen LogP contribution in [0.1, 0.15) is 44.6 Å². The zero-order chi connectivity index (χ0) is 31.7. The van der Waals surface area contributed by atoms with E-state index >= 15 is 0 Å². The summed E-state index contributed by atoms with van der Waals surface area (Å²) >= 11 is 0. The van der Waals surface area contributed by atoms with Crippen LogP contribution in [0.3, 0.4) is 0 Å². The fourth-order valence-electron chi connectivity index (χ4n) is 5.34. The van der Waals surface area contributed by atoms with Gasteiger partial charge in [0.25, 0.3) is 10.0 Å². The van der Waals surface area contributed by atoms with Crippen LogP contribution in [0.5, 0.6) is 17.2 Å². The average molecular weight is 624 g/mol. The van der Waals surface area contributed by atoms with Crippen molar-refractivity contribution < 1.29 is 32.2 Å². The van der Waals surface area contributed by atoms with Gasteiger partial charge in [0.2, 0.25) is 11.8 Å². The quantitative estimate of drug-likeness (QED) is 0.292. The number of hydrogen-bond donors (Lipinski definition) is 1. The number of methoxy groups -OCH3 is 3. The second-order valence-corrected chi connectivity index (χ2v) is 12.6. The third kappa shape index (κ3) is 7.82. The van der Waals surface area contributed by atoms with Gasteiger partial charge < -0.3 is 24.4 Å². The van der Waals surface area contributed by atoms with Crippen LogP contribution in [0.25, 0.3) is 0 Å². The molecule has 44 heavy (non-hydrogen) atoms. The topological polar surface area (TPSA) is 114 Å². The molecule has 3 aromatic rings. The number of ether oxygens (including phenoxy) is 3. The lowest BCUT2D eigenvalue weighted by atomic mass is 9.95. The van der Waals surface area contributed by atoms with E-state index in [-0.39, 0.29) is 34.8 Å². The number of hydrogen-bond acceptors (Lipinski definition) is 7. The molecule has 1 saturated carbocycles. The van der Waals surface area contributed by atoms with Crippen LogP contribution in [0.4, 0.5) is 5.69 Å². The van der Waals surface area contributed by atoms with Gasteiger partial charge in [0.15, 0.2) is 0 Å². The zero-order valence-electron chi connectivity index (χ0n) is 25.7. The first kappa shape index (κ1) is 32.7. The molecule has 2 amide bonds. The Labute approximate surface area is 260 Å². The van der Waals surface area contributed by atoms with E-state index in [9.17, 15) is 18.0 Å². The Hall–Kier alpha value is -4.25. The summed E-state index contributed by atoms with van der Waals surface area (Å²) < 4.78 is 45.4. The highest BCUT2D eigenvalue weighted by Gasteiger charge is 2.34. The molecule has 0 aromatic heterocycles. The molecule has 1 unspecified atom stereocenters. The van der Waals surface area contributed by atoms with E-state index in [1.165, 1.54) is 31.3 Å². The van der Waals surface area contributed by atoms with E-state index in [2.05, 4.69) is 5.32 Å².